The number of rotatable bonds is 6. The molecular formula is C18H22BrNO. The summed E-state index contributed by atoms with van der Waals surface area (Å²) in [6.07, 6.45) is 0.945. The molecule has 2 rings (SSSR count). The van der Waals surface area contributed by atoms with E-state index in [-0.39, 0.29) is 6.04 Å². The number of nitrogens with one attached hydrogen (secondary N) is 1. The molecule has 1 N–H and O–H groups in total. The predicted molar refractivity (Wildman–Crippen MR) is 92.0 cm³/mol. The molecule has 0 aliphatic rings. The highest BCUT2D eigenvalue weighted by atomic mass is 79.9. The molecule has 0 spiro atoms. The maximum atomic E-state index is 5.56. The van der Waals surface area contributed by atoms with Crippen LogP contribution in [0.4, 0.5) is 0 Å². The van der Waals surface area contributed by atoms with Crippen molar-refractivity contribution in [1.82, 2.24) is 5.32 Å². The van der Waals surface area contributed by atoms with Gasteiger partial charge in [-0.15, -0.1) is 0 Å². The monoisotopic (exact) mass is 347 g/mol. The number of halogens is 1. The summed E-state index contributed by atoms with van der Waals surface area (Å²) in [5.41, 5.74) is 3.74. The Labute approximate surface area is 135 Å². The summed E-state index contributed by atoms with van der Waals surface area (Å²) in [6, 6.07) is 15.2. The molecule has 2 aromatic rings. The minimum atomic E-state index is 0.256. The van der Waals surface area contributed by atoms with Crippen LogP contribution in [-0.4, -0.2) is 13.7 Å². The van der Waals surface area contributed by atoms with Crippen LogP contribution in [0.3, 0.4) is 0 Å². The van der Waals surface area contributed by atoms with Crippen LogP contribution < -0.4 is 10.1 Å². The van der Waals surface area contributed by atoms with E-state index >= 15 is 0 Å². The fraction of sp³-hybridized carbons (Fsp3) is 0.333. The van der Waals surface area contributed by atoms with Gasteiger partial charge in [-0.05, 0) is 49.2 Å². The zero-order chi connectivity index (χ0) is 15.2. The average molecular weight is 348 g/mol. The average Bonchev–Trinajstić information content (AvgIpc) is 2.49. The number of aryl methyl sites for hydroxylation is 1. The third-order valence-corrected chi connectivity index (χ3v) is 4.10. The van der Waals surface area contributed by atoms with Gasteiger partial charge in [0, 0.05) is 16.1 Å². The summed E-state index contributed by atoms with van der Waals surface area (Å²) in [5, 5.41) is 3.56. The third kappa shape index (κ3) is 4.32. The van der Waals surface area contributed by atoms with Crippen LogP contribution in [0.25, 0.3) is 0 Å². The van der Waals surface area contributed by atoms with Crippen molar-refractivity contribution in [3.05, 3.63) is 63.6 Å². The van der Waals surface area contributed by atoms with Gasteiger partial charge < -0.3 is 10.1 Å². The number of hydrogen-bond acceptors (Lipinski definition) is 2. The van der Waals surface area contributed by atoms with Gasteiger partial charge in [0.1, 0.15) is 5.75 Å². The van der Waals surface area contributed by atoms with Crippen LogP contribution >= 0.6 is 15.9 Å². The van der Waals surface area contributed by atoms with E-state index in [1.807, 2.05) is 0 Å². The fourth-order valence-electron chi connectivity index (χ4n) is 2.50. The van der Waals surface area contributed by atoms with Crippen molar-refractivity contribution in [2.24, 2.45) is 0 Å². The summed E-state index contributed by atoms with van der Waals surface area (Å²) >= 11 is 3.48. The molecule has 3 heteroatoms. The van der Waals surface area contributed by atoms with E-state index in [1.165, 1.54) is 16.7 Å². The van der Waals surface area contributed by atoms with Crippen LogP contribution in [0, 0.1) is 6.92 Å². The van der Waals surface area contributed by atoms with E-state index in [9.17, 15) is 0 Å². The second-order valence-electron chi connectivity index (χ2n) is 5.19. The zero-order valence-corrected chi connectivity index (χ0v) is 14.4. The van der Waals surface area contributed by atoms with Crippen molar-refractivity contribution < 1.29 is 4.74 Å². The Hall–Kier alpha value is -1.32. The number of likely N-dealkylation sites (N-methyl/N-ethyl adjacent to an activating group) is 1. The normalized spacial score (nSPS) is 12.2. The highest BCUT2D eigenvalue weighted by Crippen LogP contribution is 2.29. The van der Waals surface area contributed by atoms with Gasteiger partial charge in [-0.2, -0.15) is 0 Å². The maximum absolute atomic E-state index is 5.56. The lowest BCUT2D eigenvalue weighted by Gasteiger charge is -2.21. The minimum absolute atomic E-state index is 0.256. The van der Waals surface area contributed by atoms with Gasteiger partial charge in [-0.1, -0.05) is 47.1 Å². The first kappa shape index (κ1) is 16.1. The van der Waals surface area contributed by atoms with Crippen molar-refractivity contribution in [3.63, 3.8) is 0 Å². The number of methoxy groups -OCH3 is 1. The van der Waals surface area contributed by atoms with Crippen molar-refractivity contribution in [3.8, 4) is 5.75 Å². The molecule has 0 radical (unpaired) electrons. The topological polar surface area (TPSA) is 21.3 Å². The first-order valence-corrected chi connectivity index (χ1v) is 8.05. The second kappa shape index (κ2) is 7.62. The Morgan fingerprint density at radius 1 is 1.14 bits per heavy atom. The molecule has 0 aliphatic heterocycles. The predicted octanol–water partition coefficient (Wildman–Crippen LogP) is 4.66. The van der Waals surface area contributed by atoms with E-state index in [0.29, 0.717) is 0 Å². The van der Waals surface area contributed by atoms with Crippen LogP contribution in [-0.2, 0) is 6.42 Å². The molecule has 0 aromatic heterocycles. The number of benzene rings is 2. The first-order valence-electron chi connectivity index (χ1n) is 7.26. The summed E-state index contributed by atoms with van der Waals surface area (Å²) < 4.78 is 6.67. The molecule has 21 heavy (non-hydrogen) atoms. The molecule has 0 heterocycles. The smallest absolute Gasteiger partial charge is 0.123 e. The molecule has 1 atom stereocenters. The standard InChI is InChI=1S/C18H22BrNO/c1-4-20-17(12-14-6-8-15(19)9-7-14)16-10-5-13(2)11-18(16)21-3/h5-11,17,20H,4,12H2,1-3H3. The van der Waals surface area contributed by atoms with Crippen LogP contribution in [0.5, 0.6) is 5.75 Å². The summed E-state index contributed by atoms with van der Waals surface area (Å²) in [6.45, 7) is 5.15. The molecule has 0 saturated carbocycles. The second-order valence-corrected chi connectivity index (χ2v) is 6.10. The molecular weight excluding hydrogens is 326 g/mol. The summed E-state index contributed by atoms with van der Waals surface area (Å²) in [7, 11) is 1.74. The van der Waals surface area contributed by atoms with Crippen molar-refractivity contribution in [2.75, 3.05) is 13.7 Å². The van der Waals surface area contributed by atoms with Gasteiger partial charge >= 0.3 is 0 Å². The Morgan fingerprint density at radius 2 is 1.86 bits per heavy atom. The maximum Gasteiger partial charge on any atom is 0.123 e. The lowest BCUT2D eigenvalue weighted by atomic mass is 9.97. The zero-order valence-electron chi connectivity index (χ0n) is 12.8. The number of hydrogen-bond donors (Lipinski definition) is 1. The van der Waals surface area contributed by atoms with E-state index in [1.54, 1.807) is 7.11 Å². The van der Waals surface area contributed by atoms with E-state index in [2.05, 4.69) is 77.6 Å². The molecule has 0 bridgehead atoms. The Bertz CT molecular complexity index is 580. The van der Waals surface area contributed by atoms with Crippen molar-refractivity contribution >= 4 is 15.9 Å². The van der Waals surface area contributed by atoms with E-state index in [0.717, 1.165) is 23.2 Å². The summed E-state index contributed by atoms with van der Waals surface area (Å²) in [5.74, 6) is 0.957. The minimum Gasteiger partial charge on any atom is -0.496 e. The number of ether oxygens (including phenoxy) is 1. The molecule has 0 amide bonds. The first-order chi connectivity index (χ1) is 10.1. The van der Waals surface area contributed by atoms with Gasteiger partial charge in [-0.25, -0.2) is 0 Å². The van der Waals surface area contributed by atoms with E-state index < -0.39 is 0 Å². The summed E-state index contributed by atoms with van der Waals surface area (Å²) in [4.78, 5) is 0. The Morgan fingerprint density at radius 3 is 2.48 bits per heavy atom. The van der Waals surface area contributed by atoms with Gasteiger partial charge in [0.25, 0.3) is 0 Å². The van der Waals surface area contributed by atoms with Crippen molar-refractivity contribution in [2.45, 2.75) is 26.3 Å². The Kier molecular flexibility index (Phi) is 5.83. The van der Waals surface area contributed by atoms with Crippen LogP contribution in [0.1, 0.15) is 29.7 Å². The van der Waals surface area contributed by atoms with E-state index in [4.69, 9.17) is 4.74 Å². The van der Waals surface area contributed by atoms with Gasteiger partial charge in [-0.3, -0.25) is 0 Å². The molecule has 2 nitrogen and oxygen atoms in total. The molecule has 112 valence electrons. The van der Waals surface area contributed by atoms with Crippen LogP contribution in [0.2, 0.25) is 0 Å². The largest absolute Gasteiger partial charge is 0.496 e. The van der Waals surface area contributed by atoms with Gasteiger partial charge in [0.15, 0.2) is 0 Å². The van der Waals surface area contributed by atoms with Gasteiger partial charge in [0.05, 0.1) is 7.11 Å². The van der Waals surface area contributed by atoms with Crippen molar-refractivity contribution in [1.29, 1.82) is 0 Å². The quantitative estimate of drug-likeness (QED) is 0.820. The fourth-order valence-corrected chi connectivity index (χ4v) is 2.77. The molecule has 0 saturated heterocycles. The van der Waals surface area contributed by atoms with Gasteiger partial charge in [0.2, 0.25) is 0 Å². The van der Waals surface area contributed by atoms with Crippen LogP contribution in [0.15, 0.2) is 46.9 Å². The molecule has 2 aromatic carbocycles. The molecule has 1 unspecified atom stereocenters. The lowest BCUT2D eigenvalue weighted by molar-refractivity contribution is 0.399. The highest BCUT2D eigenvalue weighted by Gasteiger charge is 2.16. The highest BCUT2D eigenvalue weighted by molar-refractivity contribution is 9.10. The Balaban J connectivity index is 2.28. The SMILES string of the molecule is CCNC(Cc1ccc(Br)cc1)c1ccc(C)cc1OC. The molecule has 0 fully saturated rings. The third-order valence-electron chi connectivity index (χ3n) is 3.57. The molecule has 0 aliphatic carbocycles. The lowest BCUT2D eigenvalue weighted by Crippen LogP contribution is -2.23.